The molecule has 1 heterocycles. The van der Waals surface area contributed by atoms with Crippen molar-refractivity contribution in [2.24, 2.45) is 0 Å². The average Bonchev–Trinajstić information content (AvgIpc) is 2.48. The smallest absolute Gasteiger partial charge is 0.147 e. The Labute approximate surface area is 119 Å². The summed E-state index contributed by atoms with van der Waals surface area (Å²) >= 11 is 0. The fourth-order valence-corrected chi connectivity index (χ4v) is 1.68. The van der Waals surface area contributed by atoms with Gasteiger partial charge in [0.05, 0.1) is 24.7 Å². The Hall–Kier alpha value is -2.14. The van der Waals surface area contributed by atoms with Crippen molar-refractivity contribution in [3.63, 3.8) is 0 Å². The molecule has 1 aromatic heterocycles. The van der Waals surface area contributed by atoms with Crippen molar-refractivity contribution in [2.75, 3.05) is 39.3 Å². The van der Waals surface area contributed by atoms with Gasteiger partial charge >= 0.3 is 0 Å². The van der Waals surface area contributed by atoms with Crippen molar-refractivity contribution < 1.29 is 9.47 Å². The molecule has 2 aromatic rings. The van der Waals surface area contributed by atoms with Gasteiger partial charge in [0.1, 0.15) is 18.2 Å². The monoisotopic (exact) mass is 273 g/mol. The highest BCUT2D eigenvalue weighted by molar-refractivity contribution is 5.60. The first-order valence-corrected chi connectivity index (χ1v) is 6.42. The van der Waals surface area contributed by atoms with Gasteiger partial charge in [-0.05, 0) is 24.3 Å². The molecular formula is C15H19N3O2. The molecule has 106 valence electrons. The van der Waals surface area contributed by atoms with E-state index >= 15 is 0 Å². The summed E-state index contributed by atoms with van der Waals surface area (Å²) in [6.45, 7) is 1.13. The molecule has 0 saturated carbocycles. The van der Waals surface area contributed by atoms with E-state index in [9.17, 15) is 0 Å². The van der Waals surface area contributed by atoms with Gasteiger partial charge in [0.15, 0.2) is 0 Å². The Balaban J connectivity index is 2.11. The molecule has 0 aliphatic carbocycles. The fraction of sp³-hybridized carbons (Fsp3) is 0.333. The van der Waals surface area contributed by atoms with Crippen LogP contribution in [0.2, 0.25) is 0 Å². The molecule has 0 saturated heterocycles. The summed E-state index contributed by atoms with van der Waals surface area (Å²) in [5.41, 5.74) is 1.86. The molecule has 0 atom stereocenters. The van der Waals surface area contributed by atoms with Crippen LogP contribution in [0.25, 0.3) is 11.3 Å². The van der Waals surface area contributed by atoms with Gasteiger partial charge in [-0.3, -0.25) is 4.98 Å². The molecular weight excluding hydrogens is 254 g/mol. The first kappa shape index (κ1) is 14.3. The average molecular weight is 273 g/mol. The topological polar surface area (TPSA) is 47.5 Å². The number of methoxy groups -OCH3 is 1. The molecule has 0 spiro atoms. The Kier molecular flexibility index (Phi) is 4.90. The maximum Gasteiger partial charge on any atom is 0.147 e. The van der Waals surface area contributed by atoms with Crippen LogP contribution < -0.4 is 9.64 Å². The first-order chi connectivity index (χ1) is 9.70. The molecule has 5 heteroatoms. The van der Waals surface area contributed by atoms with Gasteiger partial charge in [-0.15, -0.1) is 0 Å². The van der Waals surface area contributed by atoms with E-state index < -0.39 is 0 Å². The number of ether oxygens (including phenoxy) is 2. The minimum Gasteiger partial charge on any atom is -0.491 e. The van der Waals surface area contributed by atoms with E-state index in [1.807, 2.05) is 43.3 Å². The van der Waals surface area contributed by atoms with Gasteiger partial charge in [-0.2, -0.15) is 0 Å². The van der Waals surface area contributed by atoms with Crippen molar-refractivity contribution in [3.8, 4) is 17.0 Å². The minimum atomic E-state index is 0.547. The van der Waals surface area contributed by atoms with Gasteiger partial charge in [-0.25, -0.2) is 4.98 Å². The van der Waals surface area contributed by atoms with E-state index in [1.165, 1.54) is 0 Å². The number of hydrogen-bond acceptors (Lipinski definition) is 5. The van der Waals surface area contributed by atoms with Crippen LogP contribution in [-0.2, 0) is 4.74 Å². The number of nitrogens with zero attached hydrogens (tertiary/aromatic N) is 3. The third-order valence-electron chi connectivity index (χ3n) is 2.79. The molecule has 0 fully saturated rings. The summed E-state index contributed by atoms with van der Waals surface area (Å²) in [5.74, 6) is 1.66. The second-order valence-electron chi connectivity index (χ2n) is 4.52. The number of rotatable bonds is 6. The van der Waals surface area contributed by atoms with Crippen molar-refractivity contribution >= 4 is 5.82 Å². The lowest BCUT2D eigenvalue weighted by atomic mass is 10.1. The van der Waals surface area contributed by atoms with Crippen LogP contribution >= 0.6 is 0 Å². The standard InChI is InChI=1S/C15H19N3O2/c1-18(2)15-11-16-10-14(17-15)12-4-6-13(7-5-12)20-9-8-19-3/h4-7,10-11H,8-9H2,1-3H3. The SMILES string of the molecule is COCCOc1ccc(-c2cncc(N(C)C)n2)cc1. The van der Waals surface area contributed by atoms with Crippen LogP contribution in [0.4, 0.5) is 5.82 Å². The van der Waals surface area contributed by atoms with Crippen molar-refractivity contribution in [3.05, 3.63) is 36.7 Å². The highest BCUT2D eigenvalue weighted by Crippen LogP contribution is 2.21. The molecule has 2 rings (SSSR count). The molecule has 0 aliphatic rings. The molecule has 0 radical (unpaired) electrons. The summed E-state index contributed by atoms with van der Waals surface area (Å²) in [5, 5.41) is 0. The zero-order valence-electron chi connectivity index (χ0n) is 12.0. The van der Waals surface area contributed by atoms with Crippen LogP contribution in [0.1, 0.15) is 0 Å². The van der Waals surface area contributed by atoms with E-state index in [0.29, 0.717) is 13.2 Å². The van der Waals surface area contributed by atoms with Crippen molar-refractivity contribution in [1.82, 2.24) is 9.97 Å². The quantitative estimate of drug-likeness (QED) is 0.755. The molecule has 1 aromatic carbocycles. The van der Waals surface area contributed by atoms with Crippen molar-refractivity contribution in [1.29, 1.82) is 0 Å². The Bertz CT molecular complexity index is 541. The van der Waals surface area contributed by atoms with Gasteiger partial charge in [-0.1, -0.05) is 0 Å². The molecule has 0 unspecified atom stereocenters. The van der Waals surface area contributed by atoms with Gasteiger partial charge in [0.25, 0.3) is 0 Å². The summed E-state index contributed by atoms with van der Waals surface area (Å²) in [4.78, 5) is 10.7. The number of hydrogen-bond donors (Lipinski definition) is 0. The predicted molar refractivity (Wildman–Crippen MR) is 79.2 cm³/mol. The summed E-state index contributed by atoms with van der Waals surface area (Å²) in [7, 11) is 5.55. The second-order valence-corrected chi connectivity index (χ2v) is 4.52. The molecule has 0 aliphatic heterocycles. The van der Waals surface area contributed by atoms with E-state index in [2.05, 4.69) is 9.97 Å². The maximum absolute atomic E-state index is 5.53. The number of benzene rings is 1. The largest absolute Gasteiger partial charge is 0.491 e. The van der Waals surface area contributed by atoms with Gasteiger partial charge < -0.3 is 14.4 Å². The van der Waals surface area contributed by atoms with E-state index in [0.717, 1.165) is 22.8 Å². The maximum atomic E-state index is 5.53. The summed E-state index contributed by atoms with van der Waals surface area (Å²) < 4.78 is 10.5. The van der Waals surface area contributed by atoms with E-state index in [-0.39, 0.29) is 0 Å². The van der Waals surface area contributed by atoms with Crippen LogP contribution in [0.5, 0.6) is 5.75 Å². The molecule has 5 nitrogen and oxygen atoms in total. The zero-order chi connectivity index (χ0) is 14.4. The minimum absolute atomic E-state index is 0.547. The number of anilines is 1. The molecule has 0 bridgehead atoms. The lowest BCUT2D eigenvalue weighted by molar-refractivity contribution is 0.146. The highest BCUT2D eigenvalue weighted by Gasteiger charge is 2.04. The fourth-order valence-electron chi connectivity index (χ4n) is 1.68. The normalized spacial score (nSPS) is 10.3. The second kappa shape index (κ2) is 6.86. The Morgan fingerprint density at radius 3 is 2.45 bits per heavy atom. The Morgan fingerprint density at radius 1 is 1.05 bits per heavy atom. The first-order valence-electron chi connectivity index (χ1n) is 6.42. The third-order valence-corrected chi connectivity index (χ3v) is 2.79. The third kappa shape index (κ3) is 3.68. The van der Waals surface area contributed by atoms with Crippen LogP contribution in [0.3, 0.4) is 0 Å². The summed E-state index contributed by atoms with van der Waals surface area (Å²) in [6.07, 6.45) is 3.50. The lowest BCUT2D eigenvalue weighted by Crippen LogP contribution is -2.11. The Morgan fingerprint density at radius 2 is 1.80 bits per heavy atom. The van der Waals surface area contributed by atoms with Gasteiger partial charge in [0.2, 0.25) is 0 Å². The van der Waals surface area contributed by atoms with Crippen LogP contribution in [0.15, 0.2) is 36.7 Å². The summed E-state index contributed by atoms with van der Waals surface area (Å²) in [6, 6.07) is 7.81. The lowest BCUT2D eigenvalue weighted by Gasteiger charge is -2.12. The van der Waals surface area contributed by atoms with Crippen LogP contribution in [0, 0.1) is 0 Å². The van der Waals surface area contributed by atoms with Crippen molar-refractivity contribution in [2.45, 2.75) is 0 Å². The number of aromatic nitrogens is 2. The zero-order valence-corrected chi connectivity index (χ0v) is 12.0. The highest BCUT2D eigenvalue weighted by atomic mass is 16.5. The molecule has 0 N–H and O–H groups in total. The van der Waals surface area contributed by atoms with Gasteiger partial charge in [0, 0.05) is 26.8 Å². The van der Waals surface area contributed by atoms with Crippen LogP contribution in [-0.4, -0.2) is 44.4 Å². The molecule has 0 amide bonds. The predicted octanol–water partition coefficient (Wildman–Crippen LogP) is 2.23. The molecule has 20 heavy (non-hydrogen) atoms. The van der Waals surface area contributed by atoms with E-state index in [1.54, 1.807) is 19.5 Å². The van der Waals surface area contributed by atoms with E-state index in [4.69, 9.17) is 9.47 Å².